The molecule has 6 nitrogen and oxygen atoms in total. The molecule has 114 valence electrons. The predicted octanol–water partition coefficient (Wildman–Crippen LogP) is 4.40. The smallest absolute Gasteiger partial charge is 0.231 e. The Kier molecular flexibility index (Phi) is 3.01. The van der Waals surface area contributed by atoms with Gasteiger partial charge in [0.2, 0.25) is 6.79 Å². The Morgan fingerprint density at radius 1 is 0.783 bits per heavy atom. The van der Waals surface area contributed by atoms with E-state index in [1.807, 2.05) is 0 Å². The molecule has 1 heterocycles. The van der Waals surface area contributed by atoms with Gasteiger partial charge >= 0.3 is 0 Å². The van der Waals surface area contributed by atoms with Gasteiger partial charge in [-0.2, -0.15) is 5.11 Å². The van der Waals surface area contributed by atoms with E-state index in [1.165, 1.54) is 0 Å². The molecular weight excluding hydrogens is 296 g/mol. The minimum Gasteiger partial charge on any atom is -0.508 e. The predicted molar refractivity (Wildman–Crippen MR) is 84.0 cm³/mol. The largest absolute Gasteiger partial charge is 0.508 e. The van der Waals surface area contributed by atoms with Gasteiger partial charge in [-0.05, 0) is 47.2 Å². The molecule has 0 unspecified atom stereocenters. The maximum atomic E-state index is 10.1. The molecule has 0 aliphatic carbocycles. The first-order chi connectivity index (χ1) is 11.2. The van der Waals surface area contributed by atoms with Crippen molar-refractivity contribution in [2.24, 2.45) is 10.2 Å². The van der Waals surface area contributed by atoms with E-state index < -0.39 is 0 Å². The highest BCUT2D eigenvalue weighted by molar-refractivity contribution is 5.88. The van der Waals surface area contributed by atoms with Crippen LogP contribution in [0.15, 0.2) is 58.8 Å². The minimum atomic E-state index is -0.00686. The van der Waals surface area contributed by atoms with Crippen LogP contribution >= 0.6 is 0 Å². The summed E-state index contributed by atoms with van der Waals surface area (Å²) in [6, 6.07) is 13.4. The third kappa shape index (κ3) is 2.50. The molecule has 4 rings (SSSR count). The Bertz CT molecular complexity index is 937. The van der Waals surface area contributed by atoms with E-state index in [4.69, 9.17) is 9.47 Å². The number of phenols is 2. The van der Waals surface area contributed by atoms with Crippen molar-refractivity contribution in [3.05, 3.63) is 48.5 Å². The van der Waals surface area contributed by atoms with Gasteiger partial charge in [-0.3, -0.25) is 0 Å². The molecule has 3 aromatic rings. The lowest BCUT2D eigenvalue weighted by Crippen LogP contribution is -1.92. The second kappa shape index (κ2) is 5.17. The number of fused-ring (bicyclic) bond motifs is 2. The van der Waals surface area contributed by atoms with Crippen LogP contribution in [-0.4, -0.2) is 17.0 Å². The van der Waals surface area contributed by atoms with Gasteiger partial charge in [0, 0.05) is 6.07 Å². The van der Waals surface area contributed by atoms with Crippen LogP contribution in [0.4, 0.5) is 11.4 Å². The molecule has 3 aromatic carbocycles. The van der Waals surface area contributed by atoms with Crippen molar-refractivity contribution in [2.45, 2.75) is 0 Å². The van der Waals surface area contributed by atoms with Crippen molar-refractivity contribution in [3.8, 4) is 23.0 Å². The molecule has 0 amide bonds. The molecule has 2 N–H and O–H groups in total. The summed E-state index contributed by atoms with van der Waals surface area (Å²) in [5.41, 5.74) is 0.945. The molecule has 0 atom stereocenters. The van der Waals surface area contributed by atoms with Gasteiger partial charge < -0.3 is 19.7 Å². The number of ether oxygens (including phenoxy) is 2. The highest BCUT2D eigenvalue weighted by Gasteiger charge is 2.13. The van der Waals surface area contributed by atoms with E-state index in [2.05, 4.69) is 10.2 Å². The standard InChI is InChI=1S/C17H12N2O4/c20-13-3-1-10-6-14(15(21)7-11(10)5-13)19-18-12-2-4-16-17(8-12)23-9-22-16/h1-8,20-21H,9H2. The lowest BCUT2D eigenvalue weighted by molar-refractivity contribution is 0.174. The Balaban J connectivity index is 1.69. The first kappa shape index (κ1) is 13.4. The lowest BCUT2D eigenvalue weighted by Gasteiger charge is -2.03. The quantitative estimate of drug-likeness (QED) is 0.687. The van der Waals surface area contributed by atoms with Gasteiger partial charge in [0.25, 0.3) is 0 Å². The average molecular weight is 308 g/mol. The van der Waals surface area contributed by atoms with Crippen LogP contribution in [-0.2, 0) is 0 Å². The van der Waals surface area contributed by atoms with Crippen LogP contribution in [0.25, 0.3) is 10.8 Å². The number of benzene rings is 3. The van der Waals surface area contributed by atoms with E-state index in [0.717, 1.165) is 10.8 Å². The van der Waals surface area contributed by atoms with E-state index in [0.29, 0.717) is 22.9 Å². The summed E-state index contributed by atoms with van der Waals surface area (Å²) < 4.78 is 10.5. The lowest BCUT2D eigenvalue weighted by atomic mass is 10.1. The summed E-state index contributed by atoms with van der Waals surface area (Å²) in [4.78, 5) is 0. The maximum absolute atomic E-state index is 10.1. The van der Waals surface area contributed by atoms with Crippen molar-refractivity contribution in [2.75, 3.05) is 6.79 Å². The van der Waals surface area contributed by atoms with Crippen molar-refractivity contribution >= 4 is 22.1 Å². The molecule has 0 bridgehead atoms. The van der Waals surface area contributed by atoms with Crippen molar-refractivity contribution in [3.63, 3.8) is 0 Å². The topological polar surface area (TPSA) is 83.6 Å². The number of hydrogen-bond donors (Lipinski definition) is 2. The second-order valence-corrected chi connectivity index (χ2v) is 5.11. The van der Waals surface area contributed by atoms with Gasteiger partial charge in [-0.25, -0.2) is 0 Å². The minimum absolute atomic E-state index is 0.00686. The van der Waals surface area contributed by atoms with Crippen molar-refractivity contribution < 1.29 is 19.7 Å². The van der Waals surface area contributed by atoms with Crippen molar-refractivity contribution in [1.29, 1.82) is 0 Å². The third-order valence-corrected chi connectivity index (χ3v) is 3.55. The monoisotopic (exact) mass is 308 g/mol. The first-order valence-corrected chi connectivity index (χ1v) is 6.96. The molecule has 1 aliphatic heterocycles. The Hall–Kier alpha value is -3.28. The van der Waals surface area contributed by atoms with Crippen molar-refractivity contribution in [1.82, 2.24) is 0 Å². The maximum Gasteiger partial charge on any atom is 0.231 e. The zero-order valence-electron chi connectivity index (χ0n) is 11.9. The third-order valence-electron chi connectivity index (χ3n) is 3.55. The molecule has 0 saturated carbocycles. The SMILES string of the molecule is Oc1ccc2cc(N=Nc3ccc4c(c3)OCO4)c(O)cc2c1. The molecule has 1 aliphatic rings. The van der Waals surface area contributed by atoms with Gasteiger partial charge in [0.05, 0.1) is 5.69 Å². The summed E-state index contributed by atoms with van der Waals surface area (Å²) in [7, 11) is 0. The summed E-state index contributed by atoms with van der Waals surface area (Å²) in [6.07, 6.45) is 0. The van der Waals surface area contributed by atoms with Crippen LogP contribution < -0.4 is 9.47 Å². The van der Waals surface area contributed by atoms with Crippen LogP contribution in [0.3, 0.4) is 0 Å². The van der Waals surface area contributed by atoms with Crippen LogP contribution in [0.2, 0.25) is 0 Å². The Morgan fingerprint density at radius 2 is 1.65 bits per heavy atom. The number of nitrogens with zero attached hydrogens (tertiary/aromatic N) is 2. The highest BCUT2D eigenvalue weighted by Crippen LogP contribution is 2.37. The molecule has 23 heavy (non-hydrogen) atoms. The van der Waals surface area contributed by atoms with Gasteiger partial charge in [-0.15, -0.1) is 5.11 Å². The molecule has 0 spiro atoms. The fourth-order valence-corrected chi connectivity index (χ4v) is 2.40. The first-order valence-electron chi connectivity index (χ1n) is 6.96. The van der Waals surface area contributed by atoms with Gasteiger partial charge in [0.1, 0.15) is 17.2 Å². The number of azo groups is 1. The molecular formula is C17H12N2O4. The zero-order chi connectivity index (χ0) is 15.8. The summed E-state index contributed by atoms with van der Waals surface area (Å²) in [5, 5.41) is 29.3. The number of rotatable bonds is 2. The molecule has 0 radical (unpaired) electrons. The fraction of sp³-hybridized carbons (Fsp3) is 0.0588. The number of aromatic hydroxyl groups is 2. The zero-order valence-corrected chi connectivity index (χ0v) is 11.9. The number of hydrogen-bond acceptors (Lipinski definition) is 6. The van der Waals surface area contributed by atoms with E-state index in [9.17, 15) is 10.2 Å². The fourth-order valence-electron chi connectivity index (χ4n) is 2.40. The van der Waals surface area contributed by atoms with Gasteiger partial charge in [0.15, 0.2) is 11.5 Å². The van der Waals surface area contributed by atoms with E-state index >= 15 is 0 Å². The average Bonchev–Trinajstić information content (AvgIpc) is 3.00. The van der Waals surface area contributed by atoms with Crippen LogP contribution in [0.5, 0.6) is 23.0 Å². The summed E-state index contributed by atoms with van der Waals surface area (Å²) in [6.45, 7) is 0.203. The van der Waals surface area contributed by atoms with Crippen LogP contribution in [0.1, 0.15) is 0 Å². The highest BCUT2D eigenvalue weighted by atomic mass is 16.7. The van der Waals surface area contributed by atoms with E-state index in [-0.39, 0.29) is 18.3 Å². The number of phenolic OH excluding ortho intramolecular Hbond substituents is 2. The summed E-state index contributed by atoms with van der Waals surface area (Å²) >= 11 is 0. The molecule has 0 aromatic heterocycles. The molecule has 0 fully saturated rings. The second-order valence-electron chi connectivity index (χ2n) is 5.11. The summed E-state index contributed by atoms with van der Waals surface area (Å²) in [5.74, 6) is 1.44. The normalized spacial score (nSPS) is 13.0. The molecule has 0 saturated heterocycles. The Morgan fingerprint density at radius 3 is 2.57 bits per heavy atom. The van der Waals surface area contributed by atoms with Crippen LogP contribution in [0, 0.1) is 0 Å². The molecule has 6 heteroatoms. The van der Waals surface area contributed by atoms with Gasteiger partial charge in [-0.1, -0.05) is 6.07 Å². The van der Waals surface area contributed by atoms with E-state index in [1.54, 1.807) is 48.5 Å². The Labute approximate surface area is 131 Å².